The number of fused-ring (bicyclic) bond motifs is 2. The summed E-state index contributed by atoms with van der Waals surface area (Å²) in [6.07, 6.45) is 1.79. The van der Waals surface area contributed by atoms with Crippen LogP contribution in [-0.4, -0.2) is 45.2 Å². The SMILES string of the molecule is Oc1ccc(C2SC=C3OC(COc4ccc(CCc5ccc(OCC6=NN7C(=CSC7c7ccc(O)cc7)O6)cc5)cc4)=NN32)cc1. The summed E-state index contributed by atoms with van der Waals surface area (Å²) in [5.74, 6) is 4.34. The third-order valence-electron chi connectivity index (χ3n) is 8.00. The van der Waals surface area contributed by atoms with E-state index < -0.39 is 0 Å². The summed E-state index contributed by atoms with van der Waals surface area (Å²) < 4.78 is 23.7. The van der Waals surface area contributed by atoms with Crippen molar-refractivity contribution in [3.8, 4) is 23.0 Å². The highest BCUT2D eigenvalue weighted by atomic mass is 32.2. The van der Waals surface area contributed by atoms with Gasteiger partial charge in [-0.2, -0.15) is 0 Å². The lowest BCUT2D eigenvalue weighted by Crippen LogP contribution is -2.13. The van der Waals surface area contributed by atoms with Gasteiger partial charge in [-0.3, -0.25) is 0 Å². The first-order valence-corrected chi connectivity index (χ1v) is 17.2. The predicted molar refractivity (Wildman–Crippen MR) is 185 cm³/mol. The van der Waals surface area contributed by atoms with E-state index in [2.05, 4.69) is 34.5 Å². The van der Waals surface area contributed by atoms with Crippen molar-refractivity contribution in [2.24, 2.45) is 10.2 Å². The standard InChI is InChI=1S/C36H30N4O6S2/c41-27-11-7-25(8-12-27)35-39-33(21-47-35)45-31(37-39)19-43-29-15-3-23(4-16-29)1-2-24-5-17-30(18-6-24)44-20-32-38-40-34(46-32)22-48-36(40)26-9-13-28(42)14-10-26/h3-18,21-22,35-36,41-42H,1-2,19-20H2. The Labute approximate surface area is 285 Å². The van der Waals surface area contributed by atoms with Crippen LogP contribution in [0.2, 0.25) is 0 Å². The van der Waals surface area contributed by atoms with E-state index in [9.17, 15) is 10.2 Å². The Morgan fingerprint density at radius 1 is 0.562 bits per heavy atom. The molecule has 4 aliphatic rings. The fourth-order valence-electron chi connectivity index (χ4n) is 5.48. The summed E-state index contributed by atoms with van der Waals surface area (Å²) in [7, 11) is 0. The van der Waals surface area contributed by atoms with Gasteiger partial charge in [0, 0.05) is 10.8 Å². The lowest BCUT2D eigenvalue weighted by Gasteiger charge is -2.17. The van der Waals surface area contributed by atoms with Crippen LogP contribution in [0.25, 0.3) is 0 Å². The van der Waals surface area contributed by atoms with Crippen LogP contribution in [0.3, 0.4) is 0 Å². The van der Waals surface area contributed by atoms with Crippen molar-refractivity contribution < 1.29 is 29.2 Å². The fraction of sp³-hybridized carbons (Fsp3) is 0.167. The van der Waals surface area contributed by atoms with Gasteiger partial charge >= 0.3 is 0 Å². The summed E-state index contributed by atoms with van der Waals surface area (Å²) in [6.45, 7) is 0.452. The van der Waals surface area contributed by atoms with Gasteiger partial charge in [-0.15, -0.1) is 10.2 Å². The third kappa shape index (κ3) is 6.49. The van der Waals surface area contributed by atoms with E-state index in [1.165, 1.54) is 11.1 Å². The molecule has 8 rings (SSSR count). The molecule has 0 bridgehead atoms. The second kappa shape index (κ2) is 13.1. The van der Waals surface area contributed by atoms with Crippen LogP contribution in [0.1, 0.15) is 33.0 Å². The molecule has 0 spiro atoms. The highest BCUT2D eigenvalue weighted by molar-refractivity contribution is 8.02. The summed E-state index contributed by atoms with van der Waals surface area (Å²) in [5, 5.41) is 35.9. The molecule has 4 aromatic rings. The van der Waals surface area contributed by atoms with Crippen molar-refractivity contribution >= 4 is 35.3 Å². The second-order valence-corrected chi connectivity index (χ2v) is 13.2. The maximum atomic E-state index is 9.59. The number of hydrogen-bond acceptors (Lipinski definition) is 12. The highest BCUT2D eigenvalue weighted by Crippen LogP contribution is 2.46. The smallest absolute Gasteiger partial charge is 0.252 e. The van der Waals surface area contributed by atoms with Crippen molar-refractivity contribution in [3.05, 3.63) is 142 Å². The molecule has 0 saturated heterocycles. The Kier molecular flexibility index (Phi) is 8.25. The third-order valence-corrected chi connectivity index (χ3v) is 10.1. The van der Waals surface area contributed by atoms with Gasteiger partial charge in [0.2, 0.25) is 11.8 Å². The number of phenolic OH excluding ortho intramolecular Hbond substituents is 2. The molecule has 2 atom stereocenters. The van der Waals surface area contributed by atoms with Crippen LogP contribution >= 0.6 is 23.5 Å². The molecule has 48 heavy (non-hydrogen) atoms. The molecule has 0 saturated carbocycles. The predicted octanol–water partition coefficient (Wildman–Crippen LogP) is 7.42. The van der Waals surface area contributed by atoms with Crippen molar-refractivity contribution in [2.75, 3.05) is 13.2 Å². The molecule has 4 aliphatic heterocycles. The van der Waals surface area contributed by atoms with Gasteiger partial charge in [-0.25, -0.2) is 10.0 Å². The van der Waals surface area contributed by atoms with Crippen molar-refractivity contribution in [2.45, 2.75) is 23.6 Å². The second-order valence-electron chi connectivity index (χ2n) is 11.3. The van der Waals surface area contributed by atoms with Gasteiger partial charge in [0.25, 0.3) is 11.8 Å². The Morgan fingerprint density at radius 3 is 1.35 bits per heavy atom. The van der Waals surface area contributed by atoms with Gasteiger partial charge in [0.15, 0.2) is 13.2 Å². The molecular formula is C36H30N4O6S2. The fourth-order valence-corrected chi connectivity index (χ4v) is 7.45. The first-order chi connectivity index (χ1) is 23.5. The molecule has 2 unspecified atom stereocenters. The van der Waals surface area contributed by atoms with E-state index in [1.54, 1.807) is 47.8 Å². The quantitative estimate of drug-likeness (QED) is 0.166. The molecular weight excluding hydrogens is 649 g/mol. The zero-order valence-corrected chi connectivity index (χ0v) is 27.1. The number of benzene rings is 4. The Hall–Kier alpha value is -5.20. The average Bonchev–Trinajstić information content (AvgIpc) is 3.89. The van der Waals surface area contributed by atoms with Gasteiger partial charge in [-0.1, -0.05) is 72.1 Å². The van der Waals surface area contributed by atoms with Gasteiger partial charge < -0.3 is 29.2 Å². The molecule has 0 radical (unpaired) electrons. The lowest BCUT2D eigenvalue weighted by atomic mass is 10.0. The van der Waals surface area contributed by atoms with Crippen LogP contribution < -0.4 is 9.47 Å². The van der Waals surface area contributed by atoms with Crippen LogP contribution in [-0.2, 0) is 22.3 Å². The van der Waals surface area contributed by atoms with E-state index >= 15 is 0 Å². The summed E-state index contributed by atoms with van der Waals surface area (Å²) in [4.78, 5) is 0. The number of rotatable bonds is 11. The Balaban J connectivity index is 0.783. The van der Waals surface area contributed by atoms with E-state index in [0.717, 1.165) is 35.5 Å². The monoisotopic (exact) mass is 678 g/mol. The first-order valence-electron chi connectivity index (χ1n) is 15.4. The minimum Gasteiger partial charge on any atom is -0.508 e. The van der Waals surface area contributed by atoms with Crippen molar-refractivity contribution in [1.82, 2.24) is 10.0 Å². The Bertz CT molecular complexity index is 1770. The van der Waals surface area contributed by atoms with Gasteiger partial charge in [0.1, 0.15) is 33.7 Å². The number of aromatic hydroxyl groups is 2. The van der Waals surface area contributed by atoms with E-state index in [4.69, 9.17) is 18.9 Å². The molecule has 0 fully saturated rings. The van der Waals surface area contributed by atoms with Crippen molar-refractivity contribution in [3.63, 3.8) is 0 Å². The van der Waals surface area contributed by atoms with Crippen LogP contribution in [0.15, 0.2) is 130 Å². The Morgan fingerprint density at radius 2 is 0.958 bits per heavy atom. The van der Waals surface area contributed by atoms with Crippen LogP contribution in [0.4, 0.5) is 0 Å². The van der Waals surface area contributed by atoms with E-state index in [0.29, 0.717) is 23.6 Å². The minimum absolute atomic E-state index is 0.0366. The number of ether oxygens (including phenoxy) is 4. The lowest BCUT2D eigenvalue weighted by molar-refractivity contribution is 0.256. The topological polar surface area (TPSA) is 109 Å². The van der Waals surface area contributed by atoms with Crippen molar-refractivity contribution in [1.29, 1.82) is 0 Å². The molecule has 10 nitrogen and oxygen atoms in total. The van der Waals surface area contributed by atoms with Crippen LogP contribution in [0.5, 0.6) is 23.0 Å². The zero-order chi connectivity index (χ0) is 32.5. The molecule has 2 N–H and O–H groups in total. The molecule has 12 heteroatoms. The minimum atomic E-state index is -0.0366. The molecule has 0 aliphatic carbocycles. The summed E-state index contributed by atoms with van der Waals surface area (Å²) in [6, 6.07) is 30.4. The highest BCUT2D eigenvalue weighted by Gasteiger charge is 2.36. The maximum Gasteiger partial charge on any atom is 0.252 e. The molecule has 0 amide bonds. The van der Waals surface area contributed by atoms with E-state index in [-0.39, 0.29) is 35.5 Å². The van der Waals surface area contributed by atoms with Gasteiger partial charge in [-0.05, 0) is 83.6 Å². The summed E-state index contributed by atoms with van der Waals surface area (Å²) in [5.41, 5.74) is 4.49. The number of aryl methyl sites for hydroxylation is 2. The molecule has 4 aromatic carbocycles. The first kappa shape index (κ1) is 30.2. The number of nitrogens with zero attached hydrogens (tertiary/aromatic N) is 4. The number of hydrogen-bond donors (Lipinski definition) is 2. The normalized spacial score (nSPS) is 19.1. The number of phenols is 2. The van der Waals surface area contributed by atoms with Gasteiger partial charge in [0.05, 0.1) is 0 Å². The number of hydrazone groups is 2. The summed E-state index contributed by atoms with van der Waals surface area (Å²) >= 11 is 3.22. The zero-order valence-electron chi connectivity index (χ0n) is 25.5. The molecule has 4 heterocycles. The van der Waals surface area contributed by atoms with E-state index in [1.807, 2.05) is 69.4 Å². The average molecular weight is 679 g/mol. The number of thioether (sulfide) groups is 2. The maximum absolute atomic E-state index is 9.59. The molecule has 242 valence electrons. The molecule has 0 aromatic heterocycles. The van der Waals surface area contributed by atoms with Crippen LogP contribution in [0, 0.1) is 0 Å². The largest absolute Gasteiger partial charge is 0.508 e.